The predicted molar refractivity (Wildman–Crippen MR) is 77.1 cm³/mol. The van der Waals surface area contributed by atoms with Gasteiger partial charge in [-0.15, -0.1) is 0 Å². The first kappa shape index (κ1) is 13.9. The van der Waals surface area contributed by atoms with Gasteiger partial charge in [0.25, 0.3) is 5.91 Å². The summed E-state index contributed by atoms with van der Waals surface area (Å²) in [5, 5.41) is 3.87. The summed E-state index contributed by atoms with van der Waals surface area (Å²) < 4.78 is 12.7. The Balaban J connectivity index is 1.76. The van der Waals surface area contributed by atoms with Gasteiger partial charge in [-0.3, -0.25) is 4.79 Å². The third kappa shape index (κ3) is 4.31. The van der Waals surface area contributed by atoms with Gasteiger partial charge in [0.05, 0.1) is 0 Å². The molecule has 0 heterocycles. The second-order valence-electron chi connectivity index (χ2n) is 4.28. The number of carbonyl (C=O) groups excluding carboxylic acids is 1. The van der Waals surface area contributed by atoms with Crippen LogP contribution in [0.3, 0.4) is 0 Å². The van der Waals surface area contributed by atoms with E-state index in [0.717, 1.165) is 12.8 Å². The topological polar surface area (TPSA) is 41.5 Å². The molecule has 0 fully saturated rings. The van der Waals surface area contributed by atoms with E-state index in [1.54, 1.807) is 6.21 Å². The number of carbonyl (C=O) groups is 1. The zero-order chi connectivity index (χ0) is 14.2. The molecule has 2 rings (SSSR count). The van der Waals surface area contributed by atoms with E-state index in [-0.39, 0.29) is 11.7 Å². The smallest absolute Gasteiger partial charge is 0.267 e. The van der Waals surface area contributed by atoms with Gasteiger partial charge in [0.15, 0.2) is 0 Å². The molecular weight excluding hydrogens is 255 g/mol. The van der Waals surface area contributed by atoms with Crippen molar-refractivity contribution in [3.8, 4) is 0 Å². The minimum absolute atomic E-state index is 0.346. The first-order valence-corrected chi connectivity index (χ1v) is 6.37. The van der Waals surface area contributed by atoms with Crippen molar-refractivity contribution in [3.63, 3.8) is 0 Å². The third-order valence-electron chi connectivity index (χ3n) is 2.77. The van der Waals surface area contributed by atoms with Gasteiger partial charge in [-0.05, 0) is 42.7 Å². The molecule has 0 aliphatic rings. The second kappa shape index (κ2) is 7.19. The van der Waals surface area contributed by atoms with Gasteiger partial charge in [-0.25, -0.2) is 9.82 Å². The number of hydrogen-bond donors (Lipinski definition) is 1. The van der Waals surface area contributed by atoms with Gasteiger partial charge in [-0.2, -0.15) is 5.10 Å². The van der Waals surface area contributed by atoms with Gasteiger partial charge >= 0.3 is 0 Å². The number of hydrazone groups is 1. The van der Waals surface area contributed by atoms with E-state index in [4.69, 9.17) is 0 Å². The van der Waals surface area contributed by atoms with E-state index in [9.17, 15) is 9.18 Å². The van der Waals surface area contributed by atoms with Crippen molar-refractivity contribution in [1.82, 2.24) is 5.43 Å². The predicted octanol–water partition coefficient (Wildman–Crippen LogP) is 3.17. The van der Waals surface area contributed by atoms with Crippen LogP contribution in [-0.4, -0.2) is 12.1 Å². The van der Waals surface area contributed by atoms with Crippen LogP contribution in [0.15, 0.2) is 59.7 Å². The lowest BCUT2D eigenvalue weighted by Gasteiger charge is -1.99. The number of hydrogen-bond acceptors (Lipinski definition) is 2. The molecule has 0 radical (unpaired) electrons. The highest BCUT2D eigenvalue weighted by Crippen LogP contribution is 2.03. The number of benzene rings is 2. The summed E-state index contributed by atoms with van der Waals surface area (Å²) >= 11 is 0. The van der Waals surface area contributed by atoms with Crippen molar-refractivity contribution in [2.45, 2.75) is 12.8 Å². The minimum Gasteiger partial charge on any atom is -0.267 e. The fourth-order valence-electron chi connectivity index (χ4n) is 1.71. The van der Waals surface area contributed by atoms with Crippen LogP contribution in [-0.2, 0) is 6.42 Å². The van der Waals surface area contributed by atoms with Gasteiger partial charge in [0.1, 0.15) is 5.82 Å². The summed E-state index contributed by atoms with van der Waals surface area (Å²) in [6.45, 7) is 0. The maximum absolute atomic E-state index is 12.7. The summed E-state index contributed by atoms with van der Waals surface area (Å²) in [4.78, 5) is 11.6. The maximum Gasteiger partial charge on any atom is 0.271 e. The Labute approximate surface area is 117 Å². The molecule has 20 heavy (non-hydrogen) atoms. The molecule has 0 aromatic heterocycles. The molecule has 0 spiro atoms. The van der Waals surface area contributed by atoms with Gasteiger partial charge in [-0.1, -0.05) is 30.3 Å². The van der Waals surface area contributed by atoms with Crippen LogP contribution in [0.1, 0.15) is 22.3 Å². The fourth-order valence-corrected chi connectivity index (χ4v) is 1.71. The average Bonchev–Trinajstić information content (AvgIpc) is 2.48. The highest BCUT2D eigenvalue weighted by atomic mass is 19.1. The molecular formula is C16H15FN2O. The Morgan fingerprint density at radius 1 is 1.10 bits per heavy atom. The van der Waals surface area contributed by atoms with Gasteiger partial charge in [0, 0.05) is 11.8 Å². The molecule has 0 aliphatic heterocycles. The quantitative estimate of drug-likeness (QED) is 0.658. The number of aryl methyl sites for hydroxylation is 1. The SMILES string of the molecule is O=C(N/N=C/CCc1ccccc1)c1ccc(F)cc1. The van der Waals surface area contributed by atoms with E-state index in [2.05, 4.69) is 10.5 Å². The Bertz CT molecular complexity index is 579. The fraction of sp³-hybridized carbons (Fsp3) is 0.125. The Hall–Kier alpha value is -2.49. The van der Waals surface area contributed by atoms with Crippen molar-refractivity contribution >= 4 is 12.1 Å². The summed E-state index contributed by atoms with van der Waals surface area (Å²) in [7, 11) is 0. The van der Waals surface area contributed by atoms with Crippen LogP contribution in [0.5, 0.6) is 0 Å². The highest BCUT2D eigenvalue weighted by Gasteiger charge is 2.03. The van der Waals surface area contributed by atoms with Crippen LogP contribution in [0.25, 0.3) is 0 Å². The summed E-state index contributed by atoms with van der Waals surface area (Å²) in [6, 6.07) is 15.4. The van der Waals surface area contributed by atoms with Crippen molar-refractivity contribution in [2.24, 2.45) is 5.10 Å². The molecule has 0 saturated heterocycles. The molecule has 0 aliphatic carbocycles. The number of halogens is 1. The number of nitrogens with one attached hydrogen (secondary N) is 1. The molecule has 1 N–H and O–H groups in total. The van der Waals surface area contributed by atoms with Gasteiger partial charge in [0.2, 0.25) is 0 Å². The second-order valence-corrected chi connectivity index (χ2v) is 4.28. The lowest BCUT2D eigenvalue weighted by molar-refractivity contribution is 0.0955. The van der Waals surface area contributed by atoms with E-state index in [1.807, 2.05) is 30.3 Å². The molecule has 4 heteroatoms. The summed E-state index contributed by atoms with van der Waals surface area (Å²) in [5.41, 5.74) is 4.02. The molecule has 0 atom stereocenters. The van der Waals surface area contributed by atoms with Crippen molar-refractivity contribution in [2.75, 3.05) is 0 Å². The molecule has 0 saturated carbocycles. The lowest BCUT2D eigenvalue weighted by atomic mass is 10.1. The van der Waals surface area contributed by atoms with Crippen molar-refractivity contribution in [1.29, 1.82) is 0 Å². The van der Waals surface area contributed by atoms with E-state index >= 15 is 0 Å². The van der Waals surface area contributed by atoms with Crippen LogP contribution in [0.2, 0.25) is 0 Å². The summed E-state index contributed by atoms with van der Waals surface area (Å²) in [5.74, 6) is -0.714. The van der Waals surface area contributed by atoms with Crippen molar-refractivity contribution < 1.29 is 9.18 Å². The van der Waals surface area contributed by atoms with Crippen LogP contribution < -0.4 is 5.43 Å². The first-order chi connectivity index (χ1) is 9.75. The highest BCUT2D eigenvalue weighted by molar-refractivity contribution is 5.94. The standard InChI is InChI=1S/C16H15FN2O/c17-15-10-8-14(9-11-15)16(20)19-18-12-4-7-13-5-2-1-3-6-13/h1-3,5-6,8-12H,4,7H2,(H,19,20)/b18-12+. The minimum atomic E-state index is -0.368. The van der Waals surface area contributed by atoms with Crippen molar-refractivity contribution in [3.05, 3.63) is 71.5 Å². The molecule has 102 valence electrons. The monoisotopic (exact) mass is 270 g/mol. The van der Waals surface area contributed by atoms with Gasteiger partial charge < -0.3 is 0 Å². The Morgan fingerprint density at radius 3 is 2.50 bits per heavy atom. The van der Waals surface area contributed by atoms with E-state index < -0.39 is 0 Å². The Kier molecular flexibility index (Phi) is 5.00. The first-order valence-electron chi connectivity index (χ1n) is 6.37. The zero-order valence-corrected chi connectivity index (χ0v) is 10.9. The molecule has 2 aromatic rings. The number of nitrogens with zero attached hydrogens (tertiary/aromatic N) is 1. The van der Waals surface area contributed by atoms with Crippen LogP contribution in [0.4, 0.5) is 4.39 Å². The number of amides is 1. The zero-order valence-electron chi connectivity index (χ0n) is 10.9. The normalized spacial score (nSPS) is 10.7. The molecule has 2 aromatic carbocycles. The Morgan fingerprint density at radius 2 is 1.80 bits per heavy atom. The van der Waals surface area contributed by atoms with Crippen LogP contribution >= 0.6 is 0 Å². The van der Waals surface area contributed by atoms with E-state index in [1.165, 1.54) is 29.8 Å². The third-order valence-corrected chi connectivity index (χ3v) is 2.77. The van der Waals surface area contributed by atoms with E-state index in [0.29, 0.717) is 5.56 Å². The molecule has 3 nitrogen and oxygen atoms in total. The lowest BCUT2D eigenvalue weighted by Crippen LogP contribution is -2.17. The summed E-state index contributed by atoms with van der Waals surface area (Å²) in [6.07, 6.45) is 3.28. The number of rotatable bonds is 5. The maximum atomic E-state index is 12.7. The largest absolute Gasteiger partial charge is 0.271 e. The molecule has 0 bridgehead atoms. The van der Waals surface area contributed by atoms with Crippen LogP contribution in [0, 0.1) is 5.82 Å². The molecule has 0 unspecified atom stereocenters. The average molecular weight is 270 g/mol. The molecule has 1 amide bonds.